The number of hydrogen-bond donors (Lipinski definition) is 0. The highest BCUT2D eigenvalue weighted by Crippen LogP contribution is 2.38. The molecule has 0 unspecified atom stereocenters. The van der Waals surface area contributed by atoms with Gasteiger partial charge < -0.3 is 4.81 Å². The van der Waals surface area contributed by atoms with E-state index in [4.69, 9.17) is 7.98 Å². The van der Waals surface area contributed by atoms with Crippen molar-refractivity contribution in [1.82, 2.24) is 0 Å². The summed E-state index contributed by atoms with van der Waals surface area (Å²) in [5, 5.41) is 0. The number of nitrogens with zero attached hydrogens (tertiary/aromatic N) is 1. The maximum atomic E-state index is 6.63. The lowest BCUT2D eigenvalue weighted by atomic mass is 9.97. The summed E-state index contributed by atoms with van der Waals surface area (Å²) in [6, 6.07) is 37.1. The largest absolute Gasteiger partial charge is 0.397 e. The maximum absolute atomic E-state index is 6.63. The predicted octanol–water partition coefficient (Wildman–Crippen LogP) is 6.24. The molecular formula is C24H18BN. The van der Waals surface area contributed by atoms with Crippen LogP contribution in [0.25, 0.3) is 22.3 Å². The first-order valence-corrected chi connectivity index (χ1v) is 8.68. The van der Waals surface area contributed by atoms with Crippen LogP contribution in [-0.4, -0.2) is 7.98 Å². The van der Waals surface area contributed by atoms with Gasteiger partial charge in [-0.05, 0) is 23.3 Å². The molecule has 2 radical (unpaired) electrons. The van der Waals surface area contributed by atoms with Crippen LogP contribution in [0.1, 0.15) is 0 Å². The van der Waals surface area contributed by atoms with Gasteiger partial charge in [0, 0.05) is 22.5 Å². The summed E-state index contributed by atoms with van der Waals surface area (Å²) in [5.41, 5.74) is 6.47. The molecule has 0 spiro atoms. The molecule has 122 valence electrons. The van der Waals surface area contributed by atoms with Crippen LogP contribution in [0, 0.1) is 0 Å². The third-order valence-electron chi connectivity index (χ3n) is 4.50. The van der Waals surface area contributed by atoms with Crippen molar-refractivity contribution in [2.45, 2.75) is 0 Å². The van der Waals surface area contributed by atoms with E-state index in [1.54, 1.807) is 4.81 Å². The Morgan fingerprint density at radius 1 is 0.423 bits per heavy atom. The van der Waals surface area contributed by atoms with Gasteiger partial charge in [0.15, 0.2) is 0 Å². The fourth-order valence-corrected chi connectivity index (χ4v) is 3.22. The van der Waals surface area contributed by atoms with Crippen molar-refractivity contribution in [3.05, 3.63) is 109 Å². The van der Waals surface area contributed by atoms with Gasteiger partial charge in [0.2, 0.25) is 7.98 Å². The maximum Gasteiger partial charge on any atom is 0.234 e. The second kappa shape index (κ2) is 7.32. The Morgan fingerprint density at radius 2 is 0.769 bits per heavy atom. The van der Waals surface area contributed by atoms with Crippen molar-refractivity contribution in [3.8, 4) is 22.3 Å². The number of para-hydroxylation sites is 2. The Hall–Kier alpha value is -3.26. The molecule has 0 aromatic heterocycles. The van der Waals surface area contributed by atoms with Crippen LogP contribution in [0.5, 0.6) is 0 Å². The van der Waals surface area contributed by atoms with Crippen LogP contribution in [-0.2, 0) is 0 Å². The zero-order valence-electron chi connectivity index (χ0n) is 14.4. The lowest BCUT2D eigenvalue weighted by Crippen LogP contribution is -2.14. The zero-order chi connectivity index (χ0) is 17.8. The topological polar surface area (TPSA) is 3.24 Å². The minimum absolute atomic E-state index is 0.974. The highest BCUT2D eigenvalue weighted by Gasteiger charge is 2.13. The molecule has 0 saturated carbocycles. The normalized spacial score (nSPS) is 10.5. The van der Waals surface area contributed by atoms with E-state index in [9.17, 15) is 0 Å². The Labute approximate surface area is 156 Å². The van der Waals surface area contributed by atoms with E-state index in [1.165, 1.54) is 0 Å². The third-order valence-corrected chi connectivity index (χ3v) is 4.50. The molecular weight excluding hydrogens is 313 g/mol. The molecule has 0 N–H and O–H groups in total. The van der Waals surface area contributed by atoms with Crippen molar-refractivity contribution >= 4 is 19.4 Å². The molecule has 4 rings (SSSR count). The van der Waals surface area contributed by atoms with E-state index in [0.29, 0.717) is 0 Å². The zero-order valence-corrected chi connectivity index (χ0v) is 14.4. The monoisotopic (exact) mass is 331 g/mol. The van der Waals surface area contributed by atoms with Crippen LogP contribution in [0.2, 0.25) is 0 Å². The molecule has 4 aromatic rings. The SMILES string of the molecule is [B]N(c1ccccc1-c1ccccc1)c1ccccc1-c1ccccc1. The quantitative estimate of drug-likeness (QED) is 0.400. The van der Waals surface area contributed by atoms with Crippen molar-refractivity contribution < 1.29 is 0 Å². The summed E-state index contributed by atoms with van der Waals surface area (Å²) in [6.45, 7) is 0. The smallest absolute Gasteiger partial charge is 0.234 e. The molecule has 0 aliphatic rings. The van der Waals surface area contributed by atoms with Crippen LogP contribution in [0.15, 0.2) is 109 Å². The van der Waals surface area contributed by atoms with Gasteiger partial charge in [-0.15, -0.1) is 0 Å². The molecule has 0 fully saturated rings. The van der Waals surface area contributed by atoms with E-state index in [-0.39, 0.29) is 0 Å². The Kier molecular flexibility index (Phi) is 4.57. The van der Waals surface area contributed by atoms with Crippen molar-refractivity contribution in [2.24, 2.45) is 0 Å². The third kappa shape index (κ3) is 3.14. The highest BCUT2D eigenvalue weighted by molar-refractivity contribution is 6.24. The molecule has 0 saturated heterocycles. The molecule has 0 bridgehead atoms. The van der Waals surface area contributed by atoms with Gasteiger partial charge in [-0.1, -0.05) is 97.1 Å². The average Bonchev–Trinajstić information content (AvgIpc) is 2.74. The second-order valence-electron chi connectivity index (χ2n) is 6.14. The molecule has 0 atom stereocenters. The summed E-state index contributed by atoms with van der Waals surface area (Å²) >= 11 is 0. The van der Waals surface area contributed by atoms with E-state index >= 15 is 0 Å². The predicted molar refractivity (Wildman–Crippen MR) is 112 cm³/mol. The first-order valence-electron chi connectivity index (χ1n) is 8.68. The Balaban J connectivity index is 1.83. The van der Waals surface area contributed by atoms with Crippen molar-refractivity contribution in [1.29, 1.82) is 0 Å². The number of anilines is 2. The second-order valence-corrected chi connectivity index (χ2v) is 6.14. The minimum atomic E-state index is 0.974. The standard InChI is InChI=1S/C24H18BN/c25-26(23-17-9-7-15-21(23)19-11-3-1-4-12-19)24-18-10-8-16-22(24)20-13-5-2-6-14-20/h1-18H. The van der Waals surface area contributed by atoms with Gasteiger partial charge in [0.1, 0.15) is 0 Å². The van der Waals surface area contributed by atoms with Gasteiger partial charge in [-0.3, -0.25) is 0 Å². The van der Waals surface area contributed by atoms with Gasteiger partial charge in [-0.25, -0.2) is 0 Å². The lowest BCUT2D eigenvalue weighted by molar-refractivity contribution is 1.41. The summed E-state index contributed by atoms with van der Waals surface area (Å²) in [5.74, 6) is 0. The van der Waals surface area contributed by atoms with Gasteiger partial charge in [-0.2, -0.15) is 0 Å². The average molecular weight is 331 g/mol. The van der Waals surface area contributed by atoms with Crippen molar-refractivity contribution in [3.63, 3.8) is 0 Å². The summed E-state index contributed by atoms with van der Waals surface area (Å²) < 4.78 is 0. The molecule has 0 aliphatic carbocycles. The van der Waals surface area contributed by atoms with E-state index in [2.05, 4.69) is 48.5 Å². The van der Waals surface area contributed by atoms with E-state index in [1.807, 2.05) is 60.7 Å². The van der Waals surface area contributed by atoms with E-state index < -0.39 is 0 Å². The van der Waals surface area contributed by atoms with Gasteiger partial charge in [0.05, 0.1) is 0 Å². The fourth-order valence-electron chi connectivity index (χ4n) is 3.22. The summed E-state index contributed by atoms with van der Waals surface area (Å²) in [4.78, 5) is 1.78. The first-order chi connectivity index (χ1) is 12.8. The van der Waals surface area contributed by atoms with Crippen LogP contribution in [0.3, 0.4) is 0 Å². The first kappa shape index (κ1) is 16.2. The number of hydrogen-bond acceptors (Lipinski definition) is 1. The molecule has 1 nitrogen and oxygen atoms in total. The summed E-state index contributed by atoms with van der Waals surface area (Å²) in [6.07, 6.45) is 0. The molecule has 2 heteroatoms. The van der Waals surface area contributed by atoms with Crippen LogP contribution in [0.4, 0.5) is 11.4 Å². The highest BCUT2D eigenvalue weighted by atomic mass is 15.0. The number of rotatable bonds is 4. The molecule has 26 heavy (non-hydrogen) atoms. The lowest BCUT2D eigenvalue weighted by Gasteiger charge is -2.26. The van der Waals surface area contributed by atoms with Crippen LogP contribution >= 0.6 is 0 Å². The van der Waals surface area contributed by atoms with Gasteiger partial charge in [0.25, 0.3) is 0 Å². The fraction of sp³-hybridized carbons (Fsp3) is 0. The number of benzene rings is 4. The molecule has 0 amide bonds. The van der Waals surface area contributed by atoms with Gasteiger partial charge >= 0.3 is 0 Å². The van der Waals surface area contributed by atoms with Crippen molar-refractivity contribution in [2.75, 3.05) is 4.81 Å². The minimum Gasteiger partial charge on any atom is -0.397 e. The Morgan fingerprint density at radius 3 is 1.19 bits per heavy atom. The molecule has 0 heterocycles. The van der Waals surface area contributed by atoms with Crippen LogP contribution < -0.4 is 4.81 Å². The summed E-state index contributed by atoms with van der Waals surface area (Å²) in [7, 11) is 6.63. The molecule has 4 aromatic carbocycles. The molecule has 0 aliphatic heterocycles. The van der Waals surface area contributed by atoms with E-state index in [0.717, 1.165) is 33.6 Å². The Bertz CT molecular complexity index is 914.